The maximum Gasteiger partial charge on any atom is 0.227 e. The zero-order valence-corrected chi connectivity index (χ0v) is 15.6. The molecule has 1 aliphatic heterocycles. The summed E-state index contributed by atoms with van der Waals surface area (Å²) in [7, 11) is 1.62. The zero-order valence-electron chi connectivity index (χ0n) is 15.6. The molecule has 142 valence electrons. The molecule has 2 aromatic rings. The minimum Gasteiger partial charge on any atom is -0.497 e. The van der Waals surface area contributed by atoms with Gasteiger partial charge in [0.1, 0.15) is 11.5 Å². The number of ether oxygens (including phenoxy) is 2. The highest BCUT2D eigenvalue weighted by Crippen LogP contribution is 2.27. The van der Waals surface area contributed by atoms with Crippen molar-refractivity contribution in [1.29, 1.82) is 0 Å². The fourth-order valence-electron chi connectivity index (χ4n) is 3.10. The minimum atomic E-state index is -0.345. The molecule has 1 saturated heterocycles. The van der Waals surface area contributed by atoms with Crippen LogP contribution in [0, 0.1) is 5.92 Å². The molecular formula is C21H24N2O4. The summed E-state index contributed by atoms with van der Waals surface area (Å²) in [6, 6.07) is 14.9. The maximum absolute atomic E-state index is 12.5. The number of hydrogen-bond acceptors (Lipinski definition) is 4. The van der Waals surface area contributed by atoms with Gasteiger partial charge < -0.3 is 19.7 Å². The van der Waals surface area contributed by atoms with Gasteiger partial charge in [0, 0.05) is 25.2 Å². The van der Waals surface area contributed by atoms with Crippen LogP contribution in [0.25, 0.3) is 0 Å². The molecule has 0 radical (unpaired) electrons. The number of hydrogen-bond donors (Lipinski definition) is 1. The first-order chi connectivity index (χ1) is 13.1. The number of amides is 2. The second-order valence-electron chi connectivity index (χ2n) is 6.40. The quantitative estimate of drug-likeness (QED) is 0.816. The van der Waals surface area contributed by atoms with E-state index in [1.54, 1.807) is 12.0 Å². The second kappa shape index (κ2) is 8.58. The Labute approximate surface area is 159 Å². The predicted octanol–water partition coefficient (Wildman–Crippen LogP) is 2.76. The van der Waals surface area contributed by atoms with E-state index in [1.165, 1.54) is 0 Å². The minimum absolute atomic E-state index is 0.0382. The number of carbonyl (C=O) groups excluding carboxylic acids is 2. The van der Waals surface area contributed by atoms with Gasteiger partial charge in [-0.25, -0.2) is 0 Å². The Kier molecular flexibility index (Phi) is 5.96. The molecule has 1 unspecified atom stereocenters. The van der Waals surface area contributed by atoms with Gasteiger partial charge in [-0.1, -0.05) is 12.1 Å². The summed E-state index contributed by atoms with van der Waals surface area (Å²) >= 11 is 0. The largest absolute Gasteiger partial charge is 0.497 e. The van der Waals surface area contributed by atoms with Crippen molar-refractivity contribution in [1.82, 2.24) is 5.32 Å². The van der Waals surface area contributed by atoms with Gasteiger partial charge in [-0.2, -0.15) is 0 Å². The highest BCUT2D eigenvalue weighted by Gasteiger charge is 2.34. The second-order valence-corrected chi connectivity index (χ2v) is 6.40. The molecule has 0 aliphatic carbocycles. The molecule has 0 bridgehead atoms. The van der Waals surface area contributed by atoms with Crippen LogP contribution in [0.2, 0.25) is 0 Å². The number of methoxy groups -OCH3 is 1. The highest BCUT2D eigenvalue weighted by molar-refractivity contribution is 6.00. The van der Waals surface area contributed by atoms with Crippen LogP contribution in [0.15, 0.2) is 48.5 Å². The van der Waals surface area contributed by atoms with E-state index in [4.69, 9.17) is 9.47 Å². The molecule has 27 heavy (non-hydrogen) atoms. The van der Waals surface area contributed by atoms with Gasteiger partial charge in [0.25, 0.3) is 0 Å². The topological polar surface area (TPSA) is 67.9 Å². The lowest BCUT2D eigenvalue weighted by atomic mass is 10.1. The van der Waals surface area contributed by atoms with Crippen molar-refractivity contribution >= 4 is 17.5 Å². The van der Waals surface area contributed by atoms with Gasteiger partial charge in [-0.3, -0.25) is 9.59 Å². The van der Waals surface area contributed by atoms with E-state index < -0.39 is 0 Å². The molecule has 6 nitrogen and oxygen atoms in total. The van der Waals surface area contributed by atoms with E-state index in [0.717, 1.165) is 22.7 Å². The smallest absolute Gasteiger partial charge is 0.227 e. The predicted molar refractivity (Wildman–Crippen MR) is 103 cm³/mol. The molecule has 6 heteroatoms. The Hall–Kier alpha value is -3.02. The molecule has 0 aromatic heterocycles. The molecule has 1 heterocycles. The zero-order chi connectivity index (χ0) is 19.2. The van der Waals surface area contributed by atoms with Crippen LogP contribution in [0.4, 0.5) is 5.69 Å². The Balaban J connectivity index is 1.56. The van der Waals surface area contributed by atoms with Gasteiger partial charge in [0.15, 0.2) is 0 Å². The monoisotopic (exact) mass is 368 g/mol. The third-order valence-corrected chi connectivity index (χ3v) is 4.58. The van der Waals surface area contributed by atoms with Crippen molar-refractivity contribution < 1.29 is 19.1 Å². The molecular weight excluding hydrogens is 344 g/mol. The van der Waals surface area contributed by atoms with E-state index in [0.29, 0.717) is 19.7 Å². The summed E-state index contributed by atoms with van der Waals surface area (Å²) in [6.45, 7) is 3.34. The van der Waals surface area contributed by atoms with E-state index >= 15 is 0 Å². The number of carbonyl (C=O) groups is 2. The van der Waals surface area contributed by atoms with Crippen LogP contribution < -0.4 is 19.7 Å². The van der Waals surface area contributed by atoms with Gasteiger partial charge in [0.05, 0.1) is 19.6 Å². The summed E-state index contributed by atoms with van der Waals surface area (Å²) in [5.41, 5.74) is 1.77. The van der Waals surface area contributed by atoms with Gasteiger partial charge in [0.2, 0.25) is 11.8 Å². The Morgan fingerprint density at radius 2 is 1.78 bits per heavy atom. The molecule has 1 atom stereocenters. The lowest BCUT2D eigenvalue weighted by molar-refractivity contribution is -0.126. The number of nitrogens with zero attached hydrogens (tertiary/aromatic N) is 1. The van der Waals surface area contributed by atoms with Crippen LogP contribution >= 0.6 is 0 Å². The van der Waals surface area contributed by atoms with Crippen molar-refractivity contribution in [2.75, 3.05) is 25.2 Å². The first-order valence-electron chi connectivity index (χ1n) is 9.04. The lowest BCUT2D eigenvalue weighted by Gasteiger charge is -2.17. The molecule has 1 fully saturated rings. The third-order valence-electron chi connectivity index (χ3n) is 4.58. The fourth-order valence-corrected chi connectivity index (χ4v) is 3.10. The first-order valence-corrected chi connectivity index (χ1v) is 9.04. The maximum atomic E-state index is 12.5. The molecule has 3 rings (SSSR count). The molecule has 2 amide bonds. The van der Waals surface area contributed by atoms with Crippen molar-refractivity contribution in [2.45, 2.75) is 19.9 Å². The highest BCUT2D eigenvalue weighted by atomic mass is 16.5. The lowest BCUT2D eigenvalue weighted by Crippen LogP contribution is -2.32. The molecule has 2 aromatic carbocycles. The SMILES string of the molecule is CCOc1ccc(N2CC(C(=O)NCc3ccc(OC)cc3)CC2=O)cc1. The number of nitrogens with one attached hydrogen (secondary N) is 1. The molecule has 0 spiro atoms. The van der Waals surface area contributed by atoms with E-state index in [-0.39, 0.29) is 24.2 Å². The van der Waals surface area contributed by atoms with Crippen LogP contribution in [0.3, 0.4) is 0 Å². The van der Waals surface area contributed by atoms with Crippen LogP contribution in [0.5, 0.6) is 11.5 Å². The summed E-state index contributed by atoms with van der Waals surface area (Å²) < 4.78 is 10.5. The normalized spacial score (nSPS) is 16.3. The van der Waals surface area contributed by atoms with Crippen LogP contribution in [-0.2, 0) is 16.1 Å². The molecule has 1 aliphatic rings. The average Bonchev–Trinajstić information content (AvgIpc) is 3.09. The Morgan fingerprint density at radius 3 is 2.41 bits per heavy atom. The van der Waals surface area contributed by atoms with Crippen molar-refractivity contribution in [3.05, 3.63) is 54.1 Å². The van der Waals surface area contributed by atoms with E-state index in [9.17, 15) is 9.59 Å². The van der Waals surface area contributed by atoms with E-state index in [2.05, 4.69) is 5.32 Å². The standard InChI is InChI=1S/C21H24N2O4/c1-3-27-19-10-6-17(7-11-19)23-14-16(12-20(23)24)21(25)22-13-15-4-8-18(26-2)9-5-15/h4-11,16H,3,12-14H2,1-2H3,(H,22,25). The van der Waals surface area contributed by atoms with E-state index in [1.807, 2.05) is 55.5 Å². The third kappa shape index (κ3) is 4.58. The van der Waals surface area contributed by atoms with Crippen molar-refractivity contribution in [3.63, 3.8) is 0 Å². The number of anilines is 1. The fraction of sp³-hybridized carbons (Fsp3) is 0.333. The Bertz CT molecular complexity index is 787. The summed E-state index contributed by atoms with van der Waals surface area (Å²) in [5.74, 6) is 1.05. The Morgan fingerprint density at radius 1 is 1.11 bits per heavy atom. The summed E-state index contributed by atoms with van der Waals surface area (Å²) in [4.78, 5) is 26.5. The first kappa shape index (κ1) is 18.8. The summed E-state index contributed by atoms with van der Waals surface area (Å²) in [5, 5.41) is 2.92. The van der Waals surface area contributed by atoms with Crippen LogP contribution in [0.1, 0.15) is 18.9 Å². The van der Waals surface area contributed by atoms with Gasteiger partial charge in [-0.05, 0) is 48.9 Å². The number of rotatable bonds is 7. The average molecular weight is 368 g/mol. The van der Waals surface area contributed by atoms with Crippen molar-refractivity contribution in [2.24, 2.45) is 5.92 Å². The van der Waals surface area contributed by atoms with Crippen molar-refractivity contribution in [3.8, 4) is 11.5 Å². The van der Waals surface area contributed by atoms with Gasteiger partial charge >= 0.3 is 0 Å². The number of benzene rings is 2. The summed E-state index contributed by atoms with van der Waals surface area (Å²) in [6.07, 6.45) is 0.224. The van der Waals surface area contributed by atoms with Crippen LogP contribution in [-0.4, -0.2) is 32.1 Å². The van der Waals surface area contributed by atoms with Gasteiger partial charge in [-0.15, -0.1) is 0 Å². The molecule has 1 N–H and O–H groups in total. The molecule has 0 saturated carbocycles.